The Morgan fingerprint density at radius 1 is 1.00 bits per heavy atom. The molecule has 0 aromatic heterocycles. The first-order valence-electron chi connectivity index (χ1n) is 11.3. The zero-order valence-electron chi connectivity index (χ0n) is 19.1. The van der Waals surface area contributed by atoms with Crippen molar-refractivity contribution in [3.8, 4) is 11.5 Å². The highest BCUT2D eigenvalue weighted by molar-refractivity contribution is 6.22. The topological polar surface area (TPSA) is 87.9 Å². The van der Waals surface area contributed by atoms with Crippen LogP contribution in [-0.2, 0) is 16.0 Å². The van der Waals surface area contributed by atoms with E-state index >= 15 is 0 Å². The first-order chi connectivity index (χ1) is 17.1. The molecular weight excluding hydrogens is 446 g/mol. The highest BCUT2D eigenvalue weighted by atomic mass is 16.5. The van der Waals surface area contributed by atoms with Gasteiger partial charge in [-0.25, -0.2) is 4.79 Å². The number of imide groups is 1. The third-order valence-electron chi connectivity index (χ3n) is 6.05. The first-order valence-corrected chi connectivity index (χ1v) is 11.3. The predicted octanol–water partition coefficient (Wildman–Crippen LogP) is 3.10. The van der Waals surface area contributed by atoms with Gasteiger partial charge in [-0.2, -0.15) is 14.3 Å². The van der Waals surface area contributed by atoms with Crippen LogP contribution >= 0.6 is 0 Å². The second kappa shape index (κ2) is 9.42. The lowest BCUT2D eigenvalue weighted by Gasteiger charge is -2.24. The summed E-state index contributed by atoms with van der Waals surface area (Å²) < 4.78 is 12.6. The van der Waals surface area contributed by atoms with E-state index in [4.69, 9.17) is 9.47 Å². The molecule has 0 fully saturated rings. The number of methoxy groups -OCH3 is 1. The van der Waals surface area contributed by atoms with E-state index in [0.29, 0.717) is 34.9 Å². The molecule has 2 aliphatic rings. The quantitative estimate of drug-likeness (QED) is 0.536. The second-order valence-corrected chi connectivity index (χ2v) is 8.22. The Morgan fingerprint density at radius 2 is 1.71 bits per heavy atom. The molecule has 4 amide bonds. The number of benzene rings is 3. The summed E-state index contributed by atoms with van der Waals surface area (Å²) in [5, 5.41) is 2.80. The smallest absolute Gasteiger partial charge is 0.495 e. The average Bonchev–Trinajstić information content (AvgIpc) is 3.27. The van der Waals surface area contributed by atoms with Gasteiger partial charge in [-0.05, 0) is 29.8 Å². The summed E-state index contributed by atoms with van der Waals surface area (Å²) in [5.74, 6) is 0.161. The summed E-state index contributed by atoms with van der Waals surface area (Å²) >= 11 is 0. The normalized spacial score (nSPS) is 16.5. The summed E-state index contributed by atoms with van der Waals surface area (Å²) in [4.78, 5) is 41.1. The molecule has 1 unspecified atom stereocenters. The largest absolute Gasteiger partial charge is 0.501 e. The van der Waals surface area contributed by atoms with E-state index in [-0.39, 0.29) is 13.1 Å². The Morgan fingerprint density at radius 3 is 2.51 bits per heavy atom. The zero-order chi connectivity index (χ0) is 24.4. The third-order valence-corrected chi connectivity index (χ3v) is 6.05. The number of amides is 4. The van der Waals surface area contributed by atoms with Crippen molar-refractivity contribution < 1.29 is 28.4 Å². The SMILES string of the molecule is COc1ccccc1NC(=O)C[N+]1=C2c3ccccc3OC2C(=O)N(CCc2ccccc2)C1=O. The number of carbonyl (C=O) groups excluding carboxylic acids is 3. The average molecular weight is 471 g/mol. The summed E-state index contributed by atoms with van der Waals surface area (Å²) in [5.41, 5.74) is 2.51. The lowest BCUT2D eigenvalue weighted by molar-refractivity contribution is -0.428. The van der Waals surface area contributed by atoms with Crippen LogP contribution in [-0.4, -0.2) is 59.3 Å². The van der Waals surface area contributed by atoms with Crippen molar-refractivity contribution in [1.82, 2.24) is 4.90 Å². The minimum atomic E-state index is -0.986. The highest BCUT2D eigenvalue weighted by Crippen LogP contribution is 2.32. The number of rotatable bonds is 7. The molecule has 3 aromatic carbocycles. The van der Waals surface area contributed by atoms with E-state index in [1.807, 2.05) is 30.3 Å². The van der Waals surface area contributed by atoms with Gasteiger partial charge in [0.2, 0.25) is 0 Å². The fraction of sp³-hybridized carbons (Fsp3) is 0.185. The van der Waals surface area contributed by atoms with Gasteiger partial charge in [0.15, 0.2) is 12.3 Å². The molecule has 0 spiro atoms. The molecule has 5 rings (SSSR count). The van der Waals surface area contributed by atoms with Crippen molar-refractivity contribution in [2.24, 2.45) is 0 Å². The molecule has 8 heteroatoms. The van der Waals surface area contributed by atoms with Gasteiger partial charge in [0.05, 0.1) is 18.4 Å². The minimum absolute atomic E-state index is 0.176. The number of hydrogen-bond donors (Lipinski definition) is 1. The molecule has 3 aromatic rings. The van der Waals surface area contributed by atoms with Crippen LogP contribution in [0.1, 0.15) is 11.1 Å². The third kappa shape index (κ3) is 4.26. The molecular formula is C27H24N3O5+. The maximum Gasteiger partial charge on any atom is 0.501 e. The van der Waals surface area contributed by atoms with E-state index in [1.165, 1.54) is 16.6 Å². The Labute approximate surface area is 202 Å². The number of urea groups is 1. The van der Waals surface area contributed by atoms with Gasteiger partial charge in [0.25, 0.3) is 12.0 Å². The Kier molecular flexibility index (Phi) is 6.01. The van der Waals surface area contributed by atoms with Crippen LogP contribution in [0, 0.1) is 0 Å². The molecule has 2 aliphatic heterocycles. The van der Waals surface area contributed by atoms with Crippen LogP contribution < -0.4 is 14.8 Å². The Balaban J connectivity index is 1.46. The monoisotopic (exact) mass is 470 g/mol. The molecule has 35 heavy (non-hydrogen) atoms. The molecule has 8 nitrogen and oxygen atoms in total. The number of nitrogens with one attached hydrogen (secondary N) is 1. The lowest BCUT2D eigenvalue weighted by Crippen LogP contribution is -2.59. The molecule has 0 saturated carbocycles. The maximum atomic E-state index is 13.6. The Hall–Kier alpha value is -4.46. The van der Waals surface area contributed by atoms with Crippen molar-refractivity contribution in [1.29, 1.82) is 0 Å². The number of nitrogens with zero attached hydrogens (tertiary/aromatic N) is 2. The van der Waals surface area contributed by atoms with E-state index < -0.39 is 23.9 Å². The predicted molar refractivity (Wildman–Crippen MR) is 129 cm³/mol. The van der Waals surface area contributed by atoms with Crippen LogP contribution in [0.15, 0.2) is 78.9 Å². The number of anilines is 1. The van der Waals surface area contributed by atoms with Crippen molar-refractivity contribution in [2.75, 3.05) is 25.5 Å². The fourth-order valence-electron chi connectivity index (χ4n) is 4.37. The van der Waals surface area contributed by atoms with Gasteiger partial charge in [-0.15, -0.1) is 0 Å². The van der Waals surface area contributed by atoms with Crippen LogP contribution in [0.3, 0.4) is 0 Å². The number of ether oxygens (including phenoxy) is 2. The summed E-state index contributed by atoms with van der Waals surface area (Å²) in [6, 6.07) is 23.2. The number of carbonyl (C=O) groups is 3. The summed E-state index contributed by atoms with van der Waals surface area (Å²) in [7, 11) is 1.52. The highest BCUT2D eigenvalue weighted by Gasteiger charge is 2.53. The van der Waals surface area contributed by atoms with E-state index in [2.05, 4.69) is 5.32 Å². The standard InChI is InChI=1S/C27H23N3O5/c1-34-22-14-8-6-12-20(22)28-23(31)17-30-24-19-11-5-7-13-21(19)35-25(24)26(32)29(27(30)33)16-15-18-9-3-2-4-10-18/h2-14,25H,15-17H2,1H3/p+1. The molecule has 0 aliphatic carbocycles. The van der Waals surface area contributed by atoms with Gasteiger partial charge in [0, 0.05) is 6.42 Å². The van der Waals surface area contributed by atoms with Crippen molar-refractivity contribution in [3.05, 3.63) is 90.0 Å². The number of fused-ring (bicyclic) bond motifs is 3. The van der Waals surface area contributed by atoms with Gasteiger partial charge >= 0.3 is 11.9 Å². The van der Waals surface area contributed by atoms with Gasteiger partial charge in [0.1, 0.15) is 18.0 Å². The number of hydrogen-bond acceptors (Lipinski definition) is 5. The summed E-state index contributed by atoms with van der Waals surface area (Å²) in [6.07, 6.45) is -0.492. The lowest BCUT2D eigenvalue weighted by atomic mass is 10.0. The van der Waals surface area contributed by atoms with Crippen molar-refractivity contribution >= 4 is 29.2 Å². The number of para-hydroxylation sites is 3. The minimum Gasteiger partial charge on any atom is -0.495 e. The molecule has 1 atom stereocenters. The van der Waals surface area contributed by atoms with E-state index in [0.717, 1.165) is 5.56 Å². The molecule has 1 N–H and O–H groups in total. The molecule has 0 radical (unpaired) electrons. The van der Waals surface area contributed by atoms with Crippen LogP contribution in [0.2, 0.25) is 0 Å². The van der Waals surface area contributed by atoms with Gasteiger partial charge < -0.3 is 14.8 Å². The fourth-order valence-corrected chi connectivity index (χ4v) is 4.37. The zero-order valence-corrected chi connectivity index (χ0v) is 19.1. The maximum absolute atomic E-state index is 13.6. The van der Waals surface area contributed by atoms with Gasteiger partial charge in [-0.3, -0.25) is 4.79 Å². The molecule has 176 valence electrons. The molecule has 2 heterocycles. The van der Waals surface area contributed by atoms with Crippen LogP contribution in [0.25, 0.3) is 0 Å². The molecule has 0 saturated heterocycles. The van der Waals surface area contributed by atoms with Gasteiger partial charge in [-0.1, -0.05) is 54.6 Å². The summed E-state index contributed by atoms with van der Waals surface area (Å²) in [6.45, 7) is -0.106. The van der Waals surface area contributed by atoms with E-state index in [1.54, 1.807) is 48.5 Å². The second-order valence-electron chi connectivity index (χ2n) is 8.22. The van der Waals surface area contributed by atoms with Crippen LogP contribution in [0.5, 0.6) is 11.5 Å². The molecule has 0 bridgehead atoms. The van der Waals surface area contributed by atoms with E-state index in [9.17, 15) is 14.4 Å². The Bertz CT molecular complexity index is 1340. The van der Waals surface area contributed by atoms with Crippen molar-refractivity contribution in [2.45, 2.75) is 12.5 Å². The van der Waals surface area contributed by atoms with Crippen molar-refractivity contribution in [3.63, 3.8) is 0 Å². The van der Waals surface area contributed by atoms with Crippen LogP contribution in [0.4, 0.5) is 10.5 Å². The first kappa shape index (κ1) is 22.3.